The average molecular weight is 551 g/mol. The Bertz CT molecular complexity index is 2250. The molecule has 8 aromatic rings. The molecule has 0 heteroatoms. The lowest BCUT2D eigenvalue weighted by molar-refractivity contribution is 1.44. The van der Waals surface area contributed by atoms with Gasteiger partial charge in [-0.05, 0) is 97.2 Å². The highest BCUT2D eigenvalue weighted by atomic mass is 14.2. The van der Waals surface area contributed by atoms with Crippen molar-refractivity contribution in [2.45, 2.75) is 20.8 Å². The fourth-order valence-corrected chi connectivity index (χ4v) is 6.55. The van der Waals surface area contributed by atoms with E-state index in [0.717, 1.165) is 0 Å². The Hall–Kier alpha value is -5.20. The SMILES string of the molecule is Cc1ccc(-c2cccc3ccccc23)cc1.Cc1ccccc1-c1c(C)c2ccccc2c2c1ccc1ccccc12. The molecule has 0 amide bonds. The summed E-state index contributed by atoms with van der Waals surface area (Å²) in [5.74, 6) is 0. The van der Waals surface area contributed by atoms with Crippen molar-refractivity contribution < 1.29 is 0 Å². The molecule has 0 unspecified atom stereocenters. The van der Waals surface area contributed by atoms with Gasteiger partial charge in [0.15, 0.2) is 0 Å². The van der Waals surface area contributed by atoms with Crippen LogP contribution in [-0.4, -0.2) is 0 Å². The van der Waals surface area contributed by atoms with E-state index in [1.807, 2.05) is 0 Å². The Morgan fingerprint density at radius 1 is 0.349 bits per heavy atom. The highest BCUT2D eigenvalue weighted by Gasteiger charge is 2.16. The van der Waals surface area contributed by atoms with E-state index >= 15 is 0 Å². The fraction of sp³-hybridized carbons (Fsp3) is 0.0698. The first-order valence-electron chi connectivity index (χ1n) is 15.0. The Morgan fingerprint density at radius 3 is 1.65 bits per heavy atom. The number of rotatable bonds is 2. The second-order valence-corrected chi connectivity index (χ2v) is 11.5. The summed E-state index contributed by atoms with van der Waals surface area (Å²) in [6.45, 7) is 6.59. The Kier molecular flexibility index (Phi) is 6.97. The van der Waals surface area contributed by atoms with E-state index < -0.39 is 0 Å². The number of fused-ring (bicyclic) bond motifs is 6. The maximum Gasteiger partial charge on any atom is -0.00204 e. The molecule has 206 valence electrons. The molecule has 0 heterocycles. The summed E-state index contributed by atoms with van der Waals surface area (Å²) >= 11 is 0. The van der Waals surface area contributed by atoms with E-state index in [1.54, 1.807) is 0 Å². The zero-order valence-electron chi connectivity index (χ0n) is 24.9. The first kappa shape index (κ1) is 26.7. The summed E-state index contributed by atoms with van der Waals surface area (Å²) in [6.07, 6.45) is 0. The van der Waals surface area contributed by atoms with Crippen molar-refractivity contribution in [3.8, 4) is 22.3 Å². The largest absolute Gasteiger partial charge is 0.0620 e. The predicted octanol–water partition coefficient (Wildman–Crippen LogP) is 12.2. The van der Waals surface area contributed by atoms with Crippen LogP contribution in [0.4, 0.5) is 0 Å². The van der Waals surface area contributed by atoms with E-state index in [-0.39, 0.29) is 0 Å². The summed E-state index contributed by atoms with van der Waals surface area (Å²) in [5, 5.41) is 10.6. The van der Waals surface area contributed by atoms with E-state index in [2.05, 4.69) is 172 Å². The summed E-state index contributed by atoms with van der Waals surface area (Å²) < 4.78 is 0. The molecule has 0 saturated heterocycles. The standard InChI is InChI=1S/C26H20.C17H14/c1-17-9-3-5-11-20(17)25-18(2)21-12-7-8-14-23(21)26-22-13-6-4-10-19(22)15-16-24(25)26;1-13-9-11-15(12-10-13)17-8-4-6-14-5-2-3-7-16(14)17/h3-16H,1-2H3;2-12H,1H3. The third-order valence-corrected chi connectivity index (χ3v) is 8.74. The molecule has 0 aliphatic rings. The van der Waals surface area contributed by atoms with Crippen molar-refractivity contribution in [3.05, 3.63) is 168 Å². The topological polar surface area (TPSA) is 0 Å². The van der Waals surface area contributed by atoms with Gasteiger partial charge >= 0.3 is 0 Å². The number of hydrogen-bond acceptors (Lipinski definition) is 0. The fourth-order valence-electron chi connectivity index (χ4n) is 6.55. The summed E-state index contributed by atoms with van der Waals surface area (Å²) in [6, 6.07) is 54.5. The van der Waals surface area contributed by atoms with Crippen molar-refractivity contribution in [3.63, 3.8) is 0 Å². The molecule has 0 atom stereocenters. The van der Waals surface area contributed by atoms with E-state index in [9.17, 15) is 0 Å². The molecule has 0 aliphatic carbocycles. The van der Waals surface area contributed by atoms with Crippen molar-refractivity contribution in [1.82, 2.24) is 0 Å². The lowest BCUT2D eigenvalue weighted by Crippen LogP contribution is -1.92. The third kappa shape index (κ3) is 4.86. The van der Waals surface area contributed by atoms with Gasteiger partial charge in [-0.1, -0.05) is 157 Å². The Balaban J connectivity index is 0.000000153. The van der Waals surface area contributed by atoms with Crippen LogP contribution >= 0.6 is 0 Å². The predicted molar refractivity (Wildman–Crippen MR) is 188 cm³/mol. The normalized spacial score (nSPS) is 11.1. The van der Waals surface area contributed by atoms with Crippen LogP contribution in [-0.2, 0) is 0 Å². The lowest BCUT2D eigenvalue weighted by atomic mass is 9.85. The average Bonchev–Trinajstić information content (AvgIpc) is 3.06. The molecule has 0 aliphatic heterocycles. The Morgan fingerprint density at radius 2 is 0.907 bits per heavy atom. The minimum Gasteiger partial charge on any atom is -0.0620 e. The van der Waals surface area contributed by atoms with Gasteiger partial charge in [0.1, 0.15) is 0 Å². The maximum atomic E-state index is 2.30. The second-order valence-electron chi connectivity index (χ2n) is 11.5. The molecule has 0 radical (unpaired) electrons. The molecule has 43 heavy (non-hydrogen) atoms. The first-order chi connectivity index (χ1) is 21.1. The van der Waals surface area contributed by atoms with Gasteiger partial charge < -0.3 is 0 Å². The molecular formula is C43H34. The molecule has 0 bridgehead atoms. The third-order valence-electron chi connectivity index (χ3n) is 8.74. The van der Waals surface area contributed by atoms with Gasteiger partial charge in [-0.2, -0.15) is 0 Å². The van der Waals surface area contributed by atoms with Crippen molar-refractivity contribution in [2.24, 2.45) is 0 Å². The quantitative estimate of drug-likeness (QED) is 0.188. The molecule has 0 N–H and O–H groups in total. The van der Waals surface area contributed by atoms with Crippen molar-refractivity contribution in [1.29, 1.82) is 0 Å². The van der Waals surface area contributed by atoms with E-state index in [0.29, 0.717) is 0 Å². The monoisotopic (exact) mass is 550 g/mol. The van der Waals surface area contributed by atoms with Gasteiger partial charge in [-0.25, -0.2) is 0 Å². The highest BCUT2D eigenvalue weighted by molar-refractivity contribution is 6.25. The number of benzene rings is 8. The number of hydrogen-bond donors (Lipinski definition) is 0. The highest BCUT2D eigenvalue weighted by Crippen LogP contribution is 2.42. The van der Waals surface area contributed by atoms with Gasteiger partial charge in [0, 0.05) is 0 Å². The molecule has 0 saturated carbocycles. The van der Waals surface area contributed by atoms with E-state index in [4.69, 9.17) is 0 Å². The van der Waals surface area contributed by atoms with Crippen LogP contribution in [0.25, 0.3) is 65.3 Å². The minimum atomic E-state index is 1.28. The molecule has 0 aromatic heterocycles. The maximum absolute atomic E-state index is 2.30. The zero-order chi connectivity index (χ0) is 29.3. The molecule has 0 nitrogen and oxygen atoms in total. The van der Waals surface area contributed by atoms with Crippen LogP contribution in [0.3, 0.4) is 0 Å². The van der Waals surface area contributed by atoms with Gasteiger partial charge in [-0.3, -0.25) is 0 Å². The van der Waals surface area contributed by atoms with Crippen LogP contribution in [0.2, 0.25) is 0 Å². The van der Waals surface area contributed by atoms with Crippen LogP contribution < -0.4 is 0 Å². The van der Waals surface area contributed by atoms with Crippen LogP contribution in [0.1, 0.15) is 16.7 Å². The van der Waals surface area contributed by atoms with Crippen LogP contribution in [0, 0.1) is 20.8 Å². The Labute approximate surface area is 253 Å². The van der Waals surface area contributed by atoms with Crippen LogP contribution in [0.5, 0.6) is 0 Å². The van der Waals surface area contributed by atoms with Crippen molar-refractivity contribution >= 4 is 43.1 Å². The molecule has 0 fully saturated rings. The van der Waals surface area contributed by atoms with Gasteiger partial charge in [-0.15, -0.1) is 0 Å². The minimum absolute atomic E-state index is 1.28. The molecular weight excluding hydrogens is 516 g/mol. The molecule has 8 aromatic carbocycles. The van der Waals surface area contributed by atoms with Gasteiger partial charge in [0.05, 0.1) is 0 Å². The molecule has 8 rings (SSSR count). The first-order valence-corrected chi connectivity index (χ1v) is 15.0. The summed E-state index contributed by atoms with van der Waals surface area (Å²) in [5.41, 5.74) is 9.26. The van der Waals surface area contributed by atoms with Crippen LogP contribution in [0.15, 0.2) is 152 Å². The second kappa shape index (κ2) is 11.2. The zero-order valence-corrected chi connectivity index (χ0v) is 24.9. The summed E-state index contributed by atoms with van der Waals surface area (Å²) in [7, 11) is 0. The molecule has 0 spiro atoms. The van der Waals surface area contributed by atoms with Crippen molar-refractivity contribution in [2.75, 3.05) is 0 Å². The van der Waals surface area contributed by atoms with Gasteiger partial charge in [0.25, 0.3) is 0 Å². The smallest absolute Gasteiger partial charge is 0.00204 e. The van der Waals surface area contributed by atoms with E-state index in [1.165, 1.54) is 82.0 Å². The summed E-state index contributed by atoms with van der Waals surface area (Å²) in [4.78, 5) is 0. The lowest BCUT2D eigenvalue weighted by Gasteiger charge is -2.18. The van der Waals surface area contributed by atoms with Gasteiger partial charge in [0.2, 0.25) is 0 Å². The number of aryl methyl sites for hydroxylation is 3.